The second-order valence-corrected chi connectivity index (χ2v) is 7.59. The van der Waals surface area contributed by atoms with E-state index in [1.807, 2.05) is 30.3 Å². The molecule has 0 amide bonds. The first-order chi connectivity index (χ1) is 14.7. The maximum atomic E-state index is 13.0. The van der Waals surface area contributed by atoms with Crippen LogP contribution in [0.4, 0.5) is 10.8 Å². The van der Waals surface area contributed by atoms with Gasteiger partial charge in [0.05, 0.1) is 11.5 Å². The number of thiazole rings is 1. The number of H-pyrrole nitrogens is 1. The van der Waals surface area contributed by atoms with Crippen molar-refractivity contribution in [3.8, 4) is 11.8 Å². The lowest BCUT2D eigenvalue weighted by atomic mass is 9.85. The standard InChI is InChI=1S/C21H14N6O2S/c22-9-13-14(11-5-4-8-24-10-11)15-16(29-18(13)23)17-19(26-20(15)28)27-21(30-17)25-12-6-2-1-3-7-12/h1-8,10,14H,23H2,(H2,25,26,27,28)/t14-/m0/s1. The minimum Gasteiger partial charge on any atom is -0.438 e. The average Bonchev–Trinajstić information content (AvgIpc) is 3.16. The number of nitrogens with two attached hydrogens (primary N) is 1. The summed E-state index contributed by atoms with van der Waals surface area (Å²) in [5.74, 6) is -0.386. The highest BCUT2D eigenvalue weighted by atomic mass is 32.1. The molecule has 0 fully saturated rings. The first kappa shape index (κ1) is 17.9. The Bertz CT molecular complexity index is 1390. The van der Waals surface area contributed by atoms with E-state index in [1.165, 1.54) is 11.3 Å². The van der Waals surface area contributed by atoms with Gasteiger partial charge in [-0.25, -0.2) is 4.98 Å². The van der Waals surface area contributed by atoms with Crippen molar-refractivity contribution in [2.45, 2.75) is 5.92 Å². The maximum absolute atomic E-state index is 13.0. The summed E-state index contributed by atoms with van der Waals surface area (Å²) >= 11 is 1.33. The highest BCUT2D eigenvalue weighted by Crippen LogP contribution is 2.45. The van der Waals surface area contributed by atoms with Gasteiger partial charge in [0.25, 0.3) is 5.56 Å². The number of aromatic nitrogens is 3. The molecule has 0 unspecified atom stereocenters. The number of fused-ring (bicyclic) bond motifs is 3. The predicted molar refractivity (Wildman–Crippen MR) is 113 cm³/mol. The SMILES string of the molecule is N#CC1=C(N)Oc2c(c(=O)[nH]c3nc(Nc4ccccc4)sc23)[C@H]1c1cccnc1. The molecule has 3 aromatic heterocycles. The van der Waals surface area contributed by atoms with Crippen LogP contribution in [0.3, 0.4) is 0 Å². The fourth-order valence-electron chi connectivity index (χ4n) is 3.47. The molecule has 1 aliphatic rings. The number of para-hydroxylation sites is 1. The molecule has 0 radical (unpaired) electrons. The molecule has 1 aliphatic heterocycles. The Hall–Kier alpha value is -4.16. The van der Waals surface area contributed by atoms with E-state index >= 15 is 0 Å². The van der Waals surface area contributed by atoms with Crippen LogP contribution in [-0.2, 0) is 0 Å². The first-order valence-corrected chi connectivity index (χ1v) is 9.83. The molecule has 4 aromatic rings. The van der Waals surface area contributed by atoms with Crippen molar-refractivity contribution in [1.82, 2.24) is 15.0 Å². The van der Waals surface area contributed by atoms with Crippen molar-refractivity contribution >= 4 is 32.5 Å². The Morgan fingerprint density at radius 3 is 2.80 bits per heavy atom. The zero-order valence-corrected chi connectivity index (χ0v) is 16.2. The summed E-state index contributed by atoms with van der Waals surface area (Å²) in [6.45, 7) is 0. The molecule has 146 valence electrons. The Balaban J connectivity index is 1.70. The monoisotopic (exact) mass is 414 g/mol. The average molecular weight is 414 g/mol. The molecule has 30 heavy (non-hydrogen) atoms. The lowest BCUT2D eigenvalue weighted by Gasteiger charge is -2.25. The zero-order valence-electron chi connectivity index (χ0n) is 15.4. The summed E-state index contributed by atoms with van der Waals surface area (Å²) in [4.78, 5) is 24.4. The van der Waals surface area contributed by atoms with Gasteiger partial charge in [-0.3, -0.25) is 9.78 Å². The van der Waals surface area contributed by atoms with Gasteiger partial charge < -0.3 is 20.8 Å². The first-order valence-electron chi connectivity index (χ1n) is 9.02. The van der Waals surface area contributed by atoms with Crippen molar-refractivity contribution in [3.63, 3.8) is 0 Å². The van der Waals surface area contributed by atoms with Crippen LogP contribution in [0.1, 0.15) is 17.0 Å². The van der Waals surface area contributed by atoms with E-state index < -0.39 is 5.92 Å². The van der Waals surface area contributed by atoms with Crippen LogP contribution in [0.2, 0.25) is 0 Å². The van der Waals surface area contributed by atoms with Crippen molar-refractivity contribution in [1.29, 1.82) is 5.26 Å². The fourth-order valence-corrected chi connectivity index (χ4v) is 4.41. The summed E-state index contributed by atoms with van der Waals surface area (Å²) in [6.07, 6.45) is 3.24. The van der Waals surface area contributed by atoms with Crippen LogP contribution in [0.15, 0.2) is 71.1 Å². The molecule has 0 aliphatic carbocycles. The van der Waals surface area contributed by atoms with E-state index in [-0.39, 0.29) is 17.0 Å². The number of rotatable bonds is 3. The van der Waals surface area contributed by atoms with Gasteiger partial charge in [0.2, 0.25) is 5.88 Å². The number of anilines is 2. The van der Waals surface area contributed by atoms with Crippen molar-refractivity contribution in [2.75, 3.05) is 5.32 Å². The Labute approximate surface area is 174 Å². The van der Waals surface area contributed by atoms with Crippen LogP contribution in [0.25, 0.3) is 10.3 Å². The third kappa shape index (κ3) is 2.87. The van der Waals surface area contributed by atoms with Crippen LogP contribution < -0.4 is 21.3 Å². The maximum Gasteiger partial charge on any atom is 0.257 e. The van der Waals surface area contributed by atoms with Crippen molar-refractivity contribution < 1.29 is 4.74 Å². The molecule has 4 N–H and O–H groups in total. The Kier molecular flexibility index (Phi) is 4.19. The quantitative estimate of drug-likeness (QED) is 0.469. The van der Waals surface area contributed by atoms with E-state index in [2.05, 4.69) is 26.3 Å². The van der Waals surface area contributed by atoms with Gasteiger partial charge in [0.15, 0.2) is 16.5 Å². The highest BCUT2D eigenvalue weighted by Gasteiger charge is 2.35. The van der Waals surface area contributed by atoms with Gasteiger partial charge in [-0.2, -0.15) is 5.26 Å². The lowest BCUT2D eigenvalue weighted by molar-refractivity contribution is 0.397. The number of allylic oxidation sites excluding steroid dienone is 1. The largest absolute Gasteiger partial charge is 0.438 e. The molecule has 0 spiro atoms. The van der Waals surface area contributed by atoms with Crippen molar-refractivity contribution in [3.05, 3.63) is 87.8 Å². The second kappa shape index (κ2) is 7.02. The molecule has 1 atom stereocenters. The molecular formula is C21H14N6O2S. The smallest absolute Gasteiger partial charge is 0.257 e. The highest BCUT2D eigenvalue weighted by molar-refractivity contribution is 7.22. The van der Waals surface area contributed by atoms with Gasteiger partial charge in [0.1, 0.15) is 16.3 Å². The number of hydrogen-bond donors (Lipinski definition) is 3. The number of aromatic amines is 1. The predicted octanol–water partition coefficient (Wildman–Crippen LogP) is 3.34. The third-order valence-electron chi connectivity index (χ3n) is 4.77. The van der Waals surface area contributed by atoms with Gasteiger partial charge in [-0.15, -0.1) is 0 Å². The third-order valence-corrected chi connectivity index (χ3v) is 5.74. The number of ether oxygens (including phenoxy) is 1. The number of nitriles is 1. The summed E-state index contributed by atoms with van der Waals surface area (Å²) in [5, 5.41) is 13.5. The zero-order chi connectivity index (χ0) is 20.7. The summed E-state index contributed by atoms with van der Waals surface area (Å²) in [6, 6.07) is 15.2. The molecular weight excluding hydrogens is 400 g/mol. The van der Waals surface area contributed by atoms with Gasteiger partial charge >= 0.3 is 0 Å². The Morgan fingerprint density at radius 2 is 2.07 bits per heavy atom. The number of hydrogen-bond acceptors (Lipinski definition) is 8. The number of pyridine rings is 2. The van der Waals surface area contributed by atoms with Crippen LogP contribution in [0, 0.1) is 11.3 Å². The molecule has 0 saturated carbocycles. The van der Waals surface area contributed by atoms with Crippen LogP contribution >= 0.6 is 11.3 Å². The number of nitrogens with one attached hydrogen (secondary N) is 2. The summed E-state index contributed by atoms with van der Waals surface area (Å²) < 4.78 is 6.42. The molecule has 5 rings (SSSR count). The van der Waals surface area contributed by atoms with E-state index in [0.717, 1.165) is 5.69 Å². The molecule has 0 saturated heterocycles. The van der Waals surface area contributed by atoms with E-state index in [9.17, 15) is 10.1 Å². The van der Waals surface area contributed by atoms with E-state index in [1.54, 1.807) is 24.5 Å². The lowest BCUT2D eigenvalue weighted by Crippen LogP contribution is -2.27. The van der Waals surface area contributed by atoms with E-state index in [0.29, 0.717) is 32.4 Å². The summed E-state index contributed by atoms with van der Waals surface area (Å²) in [5.41, 5.74) is 8.11. The second-order valence-electron chi connectivity index (χ2n) is 6.60. The number of nitrogens with zero attached hydrogens (tertiary/aromatic N) is 3. The molecule has 9 heteroatoms. The summed E-state index contributed by atoms with van der Waals surface area (Å²) in [7, 11) is 0. The fraction of sp³-hybridized carbons (Fsp3) is 0.0476. The molecule has 8 nitrogen and oxygen atoms in total. The number of benzene rings is 1. The van der Waals surface area contributed by atoms with E-state index in [4.69, 9.17) is 10.5 Å². The molecule has 1 aromatic carbocycles. The van der Waals surface area contributed by atoms with Crippen LogP contribution in [0.5, 0.6) is 5.75 Å². The van der Waals surface area contributed by atoms with Gasteiger partial charge in [0, 0.05) is 18.1 Å². The minimum absolute atomic E-state index is 0.0308. The molecule has 4 heterocycles. The Morgan fingerprint density at radius 1 is 1.23 bits per heavy atom. The van der Waals surface area contributed by atoms with Gasteiger partial charge in [-0.05, 0) is 23.8 Å². The van der Waals surface area contributed by atoms with Gasteiger partial charge in [-0.1, -0.05) is 35.6 Å². The van der Waals surface area contributed by atoms with Crippen molar-refractivity contribution in [2.24, 2.45) is 5.73 Å². The topological polar surface area (TPSA) is 130 Å². The molecule has 0 bridgehead atoms. The minimum atomic E-state index is -0.673. The normalized spacial score (nSPS) is 15.4. The van der Waals surface area contributed by atoms with Crippen LogP contribution in [-0.4, -0.2) is 15.0 Å².